The van der Waals surface area contributed by atoms with E-state index in [1.807, 2.05) is 0 Å². The van der Waals surface area contributed by atoms with Crippen molar-refractivity contribution in [3.63, 3.8) is 0 Å². The van der Waals surface area contributed by atoms with Gasteiger partial charge in [-0.25, -0.2) is 0 Å². The third kappa shape index (κ3) is 4.61. The molecule has 0 bridgehead atoms. The summed E-state index contributed by atoms with van der Waals surface area (Å²) < 4.78 is 15.9. The molecule has 21 heavy (non-hydrogen) atoms. The number of aliphatic hydroxyl groups excluding tert-OH is 1. The first-order valence-corrected chi connectivity index (χ1v) is 7.05. The number of methoxy groups -OCH3 is 1. The summed E-state index contributed by atoms with van der Waals surface area (Å²) in [5.41, 5.74) is 0.514. The Labute approximate surface area is 124 Å². The van der Waals surface area contributed by atoms with Crippen LogP contribution in [0.2, 0.25) is 0 Å². The van der Waals surface area contributed by atoms with Crippen LogP contribution in [0.5, 0.6) is 11.5 Å². The van der Waals surface area contributed by atoms with Gasteiger partial charge in [0.25, 0.3) is 5.91 Å². The molecule has 1 aliphatic heterocycles. The second-order valence-electron chi connectivity index (χ2n) is 4.87. The number of ether oxygens (including phenoxy) is 3. The summed E-state index contributed by atoms with van der Waals surface area (Å²) in [7, 11) is 1.53. The summed E-state index contributed by atoms with van der Waals surface area (Å²) in [5.74, 6) is 1.06. The number of benzene rings is 1. The number of hydrogen-bond donors (Lipinski definition) is 2. The van der Waals surface area contributed by atoms with Gasteiger partial charge in [-0.3, -0.25) is 4.79 Å². The van der Waals surface area contributed by atoms with Crippen LogP contribution in [0.25, 0.3) is 0 Å². The summed E-state index contributed by atoms with van der Waals surface area (Å²) in [4.78, 5) is 12.0. The zero-order valence-corrected chi connectivity index (χ0v) is 12.1. The van der Waals surface area contributed by atoms with E-state index < -0.39 is 6.10 Å². The number of nitrogens with one attached hydrogen (secondary N) is 1. The molecule has 0 radical (unpaired) electrons. The maximum absolute atomic E-state index is 12.0. The van der Waals surface area contributed by atoms with Crippen LogP contribution in [-0.4, -0.2) is 50.6 Å². The van der Waals surface area contributed by atoms with Crippen LogP contribution in [0.15, 0.2) is 18.2 Å². The summed E-state index contributed by atoms with van der Waals surface area (Å²) >= 11 is 0. The lowest BCUT2D eigenvalue weighted by atomic mass is 10.2. The van der Waals surface area contributed by atoms with Crippen molar-refractivity contribution in [1.29, 1.82) is 0 Å². The molecule has 0 saturated carbocycles. The van der Waals surface area contributed by atoms with E-state index in [9.17, 15) is 9.90 Å². The lowest BCUT2D eigenvalue weighted by molar-refractivity contribution is 0.0587. The van der Waals surface area contributed by atoms with Gasteiger partial charge in [0.2, 0.25) is 0 Å². The highest BCUT2D eigenvalue weighted by Gasteiger charge is 2.14. The van der Waals surface area contributed by atoms with Crippen LogP contribution in [-0.2, 0) is 4.74 Å². The standard InChI is InChI=1S/C15H21NO5/c1-19-10-12(17)5-6-16-15(18)11-3-4-13-14(9-11)21-8-2-7-20-13/h3-4,9,12,17H,2,5-8,10H2,1H3,(H,16,18). The molecular weight excluding hydrogens is 274 g/mol. The van der Waals surface area contributed by atoms with Gasteiger partial charge in [0.15, 0.2) is 11.5 Å². The molecule has 1 aromatic carbocycles. The van der Waals surface area contributed by atoms with E-state index in [1.54, 1.807) is 18.2 Å². The van der Waals surface area contributed by atoms with Gasteiger partial charge in [-0.2, -0.15) is 0 Å². The second-order valence-corrected chi connectivity index (χ2v) is 4.87. The van der Waals surface area contributed by atoms with Crippen LogP contribution < -0.4 is 14.8 Å². The van der Waals surface area contributed by atoms with Crippen molar-refractivity contribution < 1.29 is 24.1 Å². The summed E-state index contributed by atoms with van der Waals surface area (Å²) in [6.45, 7) is 1.86. The monoisotopic (exact) mass is 295 g/mol. The van der Waals surface area contributed by atoms with E-state index in [2.05, 4.69) is 5.32 Å². The van der Waals surface area contributed by atoms with Crippen LogP contribution in [0.1, 0.15) is 23.2 Å². The van der Waals surface area contributed by atoms with E-state index in [1.165, 1.54) is 7.11 Å². The Balaban J connectivity index is 1.89. The first kappa shape index (κ1) is 15.6. The van der Waals surface area contributed by atoms with Gasteiger partial charge in [-0.1, -0.05) is 0 Å². The van der Waals surface area contributed by atoms with Gasteiger partial charge >= 0.3 is 0 Å². The Bertz CT molecular complexity index is 477. The molecule has 0 spiro atoms. The molecule has 0 aliphatic carbocycles. The molecule has 2 N–H and O–H groups in total. The van der Waals surface area contributed by atoms with Gasteiger partial charge in [0.1, 0.15) is 0 Å². The van der Waals surface area contributed by atoms with Crippen LogP contribution >= 0.6 is 0 Å². The number of fused-ring (bicyclic) bond motifs is 1. The van der Waals surface area contributed by atoms with Crippen LogP contribution in [0.4, 0.5) is 0 Å². The SMILES string of the molecule is COCC(O)CCNC(=O)c1ccc2c(c1)OCCCO2. The van der Waals surface area contributed by atoms with Gasteiger partial charge in [0.05, 0.1) is 25.9 Å². The molecule has 6 heteroatoms. The van der Waals surface area contributed by atoms with Gasteiger partial charge in [-0.15, -0.1) is 0 Å². The molecule has 0 fully saturated rings. The molecule has 0 saturated heterocycles. The molecule has 1 heterocycles. The summed E-state index contributed by atoms with van der Waals surface area (Å²) in [5, 5.41) is 12.3. The van der Waals surface area contributed by atoms with E-state index in [4.69, 9.17) is 14.2 Å². The smallest absolute Gasteiger partial charge is 0.251 e. The number of hydrogen-bond acceptors (Lipinski definition) is 5. The predicted molar refractivity (Wildman–Crippen MR) is 76.9 cm³/mol. The van der Waals surface area contributed by atoms with E-state index >= 15 is 0 Å². The maximum Gasteiger partial charge on any atom is 0.251 e. The molecular formula is C15H21NO5. The Hall–Kier alpha value is -1.79. The predicted octanol–water partition coefficient (Wildman–Crippen LogP) is 0.975. The fourth-order valence-corrected chi connectivity index (χ4v) is 2.03. The average Bonchev–Trinajstić information content (AvgIpc) is 2.71. The van der Waals surface area contributed by atoms with Crippen molar-refractivity contribution in [1.82, 2.24) is 5.32 Å². The number of carbonyl (C=O) groups is 1. The topological polar surface area (TPSA) is 77.0 Å². The first-order chi connectivity index (χ1) is 10.2. The zero-order chi connectivity index (χ0) is 15.1. The fraction of sp³-hybridized carbons (Fsp3) is 0.533. The summed E-state index contributed by atoms with van der Waals surface area (Å²) in [6, 6.07) is 5.13. The number of carbonyl (C=O) groups excluding carboxylic acids is 1. The zero-order valence-electron chi connectivity index (χ0n) is 12.1. The largest absolute Gasteiger partial charge is 0.490 e. The molecule has 0 aromatic heterocycles. The molecule has 1 amide bonds. The molecule has 2 rings (SSSR count). The quantitative estimate of drug-likeness (QED) is 0.818. The Morgan fingerprint density at radius 2 is 2.14 bits per heavy atom. The number of amides is 1. The molecule has 116 valence electrons. The van der Waals surface area contributed by atoms with E-state index in [-0.39, 0.29) is 12.5 Å². The van der Waals surface area contributed by atoms with Crippen molar-refractivity contribution in [3.05, 3.63) is 23.8 Å². The van der Waals surface area contributed by atoms with Gasteiger partial charge < -0.3 is 24.6 Å². The fourth-order valence-electron chi connectivity index (χ4n) is 2.03. The second kappa shape index (κ2) is 7.85. The van der Waals surface area contributed by atoms with Crippen molar-refractivity contribution in [3.8, 4) is 11.5 Å². The third-order valence-corrected chi connectivity index (χ3v) is 3.13. The normalized spacial score (nSPS) is 15.1. The highest BCUT2D eigenvalue weighted by Crippen LogP contribution is 2.30. The molecule has 1 atom stereocenters. The van der Waals surface area contributed by atoms with Gasteiger partial charge in [0, 0.05) is 25.6 Å². The average molecular weight is 295 g/mol. The van der Waals surface area contributed by atoms with E-state index in [0.29, 0.717) is 43.2 Å². The minimum absolute atomic E-state index is 0.199. The Morgan fingerprint density at radius 3 is 2.90 bits per heavy atom. The third-order valence-electron chi connectivity index (χ3n) is 3.13. The van der Waals surface area contributed by atoms with Crippen molar-refractivity contribution in [2.45, 2.75) is 18.9 Å². The van der Waals surface area contributed by atoms with Crippen LogP contribution in [0.3, 0.4) is 0 Å². The van der Waals surface area contributed by atoms with Crippen molar-refractivity contribution >= 4 is 5.91 Å². The molecule has 6 nitrogen and oxygen atoms in total. The van der Waals surface area contributed by atoms with Crippen molar-refractivity contribution in [2.24, 2.45) is 0 Å². The summed E-state index contributed by atoms with van der Waals surface area (Å²) in [6.07, 6.45) is 0.705. The molecule has 1 aromatic rings. The van der Waals surface area contributed by atoms with Crippen molar-refractivity contribution in [2.75, 3.05) is 33.5 Å². The number of rotatable bonds is 6. The Morgan fingerprint density at radius 1 is 1.38 bits per heavy atom. The molecule has 1 aliphatic rings. The van der Waals surface area contributed by atoms with Crippen LogP contribution in [0, 0.1) is 0 Å². The first-order valence-electron chi connectivity index (χ1n) is 7.05. The minimum atomic E-state index is -0.570. The highest BCUT2D eigenvalue weighted by molar-refractivity contribution is 5.94. The number of aliphatic hydroxyl groups is 1. The lowest BCUT2D eigenvalue weighted by Crippen LogP contribution is -2.28. The highest BCUT2D eigenvalue weighted by atomic mass is 16.5. The van der Waals surface area contributed by atoms with Gasteiger partial charge in [-0.05, 0) is 24.6 Å². The van der Waals surface area contributed by atoms with E-state index in [0.717, 1.165) is 6.42 Å². The lowest BCUT2D eigenvalue weighted by Gasteiger charge is -2.11. The maximum atomic E-state index is 12.0. The Kier molecular flexibility index (Phi) is 5.83. The molecule has 1 unspecified atom stereocenters. The minimum Gasteiger partial charge on any atom is -0.490 e.